The number of hydrogen-bond donors (Lipinski definition) is 2. The van der Waals surface area contributed by atoms with Gasteiger partial charge in [0.1, 0.15) is 5.75 Å². The van der Waals surface area contributed by atoms with Gasteiger partial charge in [-0.15, -0.1) is 0 Å². The lowest BCUT2D eigenvalue weighted by Gasteiger charge is -2.14. The van der Waals surface area contributed by atoms with Crippen LogP contribution in [0.2, 0.25) is 0 Å². The van der Waals surface area contributed by atoms with E-state index in [4.69, 9.17) is 15.2 Å². The number of methoxy groups -OCH3 is 1. The van der Waals surface area contributed by atoms with Gasteiger partial charge in [-0.1, -0.05) is 0 Å². The van der Waals surface area contributed by atoms with E-state index >= 15 is 0 Å². The smallest absolute Gasteiger partial charge is 0.240 e. The summed E-state index contributed by atoms with van der Waals surface area (Å²) in [6.07, 6.45) is -0.179. The van der Waals surface area contributed by atoms with Crippen LogP contribution in [0.4, 0.5) is 0 Å². The maximum absolute atomic E-state index is 12.2. The second-order valence-electron chi connectivity index (χ2n) is 4.30. The number of hydrogen-bond acceptors (Lipinski definition) is 5. The number of rotatable bonds is 8. The topological polar surface area (TPSA) is 90.6 Å². The van der Waals surface area contributed by atoms with Crippen LogP contribution in [0.1, 0.15) is 19.4 Å². The molecule has 1 unspecified atom stereocenters. The maximum Gasteiger partial charge on any atom is 0.240 e. The quantitative estimate of drug-likeness (QED) is 0.743. The lowest BCUT2D eigenvalue weighted by Crippen LogP contribution is -2.32. The van der Waals surface area contributed by atoms with Gasteiger partial charge in [0.25, 0.3) is 0 Å². The number of ether oxygens (including phenoxy) is 2. The zero-order valence-corrected chi connectivity index (χ0v) is 12.9. The predicted molar refractivity (Wildman–Crippen MR) is 77.2 cm³/mol. The summed E-state index contributed by atoms with van der Waals surface area (Å²) in [5.41, 5.74) is 6.23. The van der Waals surface area contributed by atoms with Gasteiger partial charge in [-0.05, 0) is 32.0 Å². The molecule has 0 aliphatic heterocycles. The molecule has 0 aromatic heterocycles. The van der Waals surface area contributed by atoms with Crippen molar-refractivity contribution in [1.82, 2.24) is 4.72 Å². The van der Waals surface area contributed by atoms with Gasteiger partial charge >= 0.3 is 0 Å². The molecule has 7 heteroatoms. The average molecular weight is 302 g/mol. The van der Waals surface area contributed by atoms with Crippen LogP contribution in [0.3, 0.4) is 0 Å². The Kier molecular flexibility index (Phi) is 6.41. The molecule has 0 radical (unpaired) electrons. The normalized spacial score (nSPS) is 13.2. The third-order valence-corrected chi connectivity index (χ3v) is 4.22. The van der Waals surface area contributed by atoms with Crippen molar-refractivity contribution in [2.45, 2.75) is 31.4 Å². The van der Waals surface area contributed by atoms with E-state index in [1.54, 1.807) is 6.07 Å². The van der Waals surface area contributed by atoms with Gasteiger partial charge in [-0.25, -0.2) is 13.1 Å². The lowest BCUT2D eigenvalue weighted by atomic mass is 10.2. The highest BCUT2D eigenvalue weighted by atomic mass is 32.2. The van der Waals surface area contributed by atoms with E-state index in [-0.39, 0.29) is 24.1 Å². The minimum atomic E-state index is -3.57. The summed E-state index contributed by atoms with van der Waals surface area (Å²) < 4.78 is 37.2. The molecule has 3 N–H and O–H groups in total. The molecule has 114 valence electrons. The van der Waals surface area contributed by atoms with E-state index in [0.717, 1.165) is 0 Å². The fourth-order valence-electron chi connectivity index (χ4n) is 1.74. The monoisotopic (exact) mass is 302 g/mol. The number of sulfonamides is 1. The summed E-state index contributed by atoms with van der Waals surface area (Å²) in [5, 5.41) is 0. The van der Waals surface area contributed by atoms with Gasteiger partial charge in [-0.3, -0.25) is 0 Å². The van der Waals surface area contributed by atoms with Crippen molar-refractivity contribution in [3.8, 4) is 5.75 Å². The summed E-state index contributed by atoms with van der Waals surface area (Å²) in [5.74, 6) is 0.578. The number of nitrogens with one attached hydrogen (secondary N) is 1. The van der Waals surface area contributed by atoms with Crippen molar-refractivity contribution in [2.24, 2.45) is 5.73 Å². The van der Waals surface area contributed by atoms with Gasteiger partial charge in [0, 0.05) is 25.3 Å². The molecule has 0 heterocycles. The largest absolute Gasteiger partial charge is 0.496 e. The molecule has 0 spiro atoms. The van der Waals surface area contributed by atoms with Gasteiger partial charge in [0.15, 0.2) is 0 Å². The average Bonchev–Trinajstić information content (AvgIpc) is 2.44. The van der Waals surface area contributed by atoms with Crippen LogP contribution < -0.4 is 15.2 Å². The molecule has 0 aliphatic rings. The highest BCUT2D eigenvalue weighted by molar-refractivity contribution is 7.89. The van der Waals surface area contributed by atoms with Crippen LogP contribution in [0.25, 0.3) is 0 Å². The third kappa shape index (κ3) is 4.45. The van der Waals surface area contributed by atoms with Crippen LogP contribution in [-0.4, -0.2) is 34.8 Å². The molecular weight excluding hydrogens is 280 g/mol. The van der Waals surface area contributed by atoms with Crippen molar-refractivity contribution >= 4 is 10.0 Å². The summed E-state index contributed by atoms with van der Waals surface area (Å²) in [6, 6.07) is 4.61. The fraction of sp³-hybridized carbons (Fsp3) is 0.538. The minimum Gasteiger partial charge on any atom is -0.496 e. The Morgan fingerprint density at radius 1 is 1.40 bits per heavy atom. The zero-order chi connectivity index (χ0) is 15.2. The first kappa shape index (κ1) is 16.9. The molecule has 1 aromatic carbocycles. The summed E-state index contributed by atoms with van der Waals surface area (Å²) in [4.78, 5) is 0.169. The molecule has 20 heavy (non-hydrogen) atoms. The van der Waals surface area contributed by atoms with Crippen molar-refractivity contribution in [2.75, 3.05) is 20.3 Å². The second-order valence-corrected chi connectivity index (χ2v) is 6.06. The Hall–Kier alpha value is -1.15. The summed E-state index contributed by atoms with van der Waals surface area (Å²) >= 11 is 0. The zero-order valence-electron chi connectivity index (χ0n) is 12.0. The van der Waals surface area contributed by atoms with Crippen LogP contribution in [-0.2, 0) is 21.3 Å². The van der Waals surface area contributed by atoms with Crippen LogP contribution in [0.15, 0.2) is 23.1 Å². The van der Waals surface area contributed by atoms with E-state index in [9.17, 15) is 8.42 Å². The van der Waals surface area contributed by atoms with Crippen molar-refractivity contribution < 1.29 is 17.9 Å². The van der Waals surface area contributed by atoms with Crippen molar-refractivity contribution in [3.63, 3.8) is 0 Å². The Balaban J connectivity index is 2.87. The molecule has 6 nitrogen and oxygen atoms in total. The fourth-order valence-corrected chi connectivity index (χ4v) is 2.90. The highest BCUT2D eigenvalue weighted by Gasteiger charge is 2.17. The van der Waals surface area contributed by atoms with Crippen molar-refractivity contribution in [1.29, 1.82) is 0 Å². The molecule has 0 bridgehead atoms. The maximum atomic E-state index is 12.2. The summed E-state index contributed by atoms with van der Waals surface area (Å²) in [7, 11) is -2.05. The molecule has 0 saturated carbocycles. The molecule has 0 amide bonds. The molecule has 0 saturated heterocycles. The SMILES string of the molecule is CCOC(C)CNS(=O)(=O)c1ccc(OC)c(CN)c1. The lowest BCUT2D eigenvalue weighted by molar-refractivity contribution is 0.0799. The van der Waals surface area contributed by atoms with Gasteiger partial charge < -0.3 is 15.2 Å². The first-order valence-corrected chi connectivity index (χ1v) is 7.91. The van der Waals surface area contributed by atoms with E-state index in [1.807, 2.05) is 13.8 Å². The molecular formula is C13H22N2O4S. The van der Waals surface area contributed by atoms with Gasteiger partial charge in [-0.2, -0.15) is 0 Å². The highest BCUT2D eigenvalue weighted by Crippen LogP contribution is 2.21. The molecule has 0 fully saturated rings. The van der Waals surface area contributed by atoms with E-state index in [1.165, 1.54) is 19.2 Å². The molecule has 1 atom stereocenters. The molecule has 1 aromatic rings. The molecule has 0 aliphatic carbocycles. The van der Waals surface area contributed by atoms with Crippen LogP contribution in [0.5, 0.6) is 5.75 Å². The number of benzene rings is 1. The second kappa shape index (κ2) is 7.58. The Morgan fingerprint density at radius 3 is 2.65 bits per heavy atom. The Labute approximate surface area is 120 Å². The van der Waals surface area contributed by atoms with Crippen LogP contribution >= 0.6 is 0 Å². The van der Waals surface area contributed by atoms with Gasteiger partial charge in [0.05, 0.1) is 18.1 Å². The predicted octanol–water partition coefficient (Wildman–Crippen LogP) is 0.857. The first-order valence-electron chi connectivity index (χ1n) is 6.42. The van der Waals surface area contributed by atoms with E-state index in [0.29, 0.717) is 17.9 Å². The Bertz CT molecular complexity index is 531. The molecule has 1 rings (SSSR count). The van der Waals surface area contributed by atoms with Crippen LogP contribution in [0, 0.1) is 0 Å². The third-order valence-electron chi connectivity index (χ3n) is 2.79. The van der Waals surface area contributed by atoms with Gasteiger partial charge in [0.2, 0.25) is 10.0 Å². The Morgan fingerprint density at radius 2 is 2.10 bits per heavy atom. The first-order chi connectivity index (χ1) is 9.44. The van der Waals surface area contributed by atoms with Crippen molar-refractivity contribution in [3.05, 3.63) is 23.8 Å². The van der Waals surface area contributed by atoms with E-state index < -0.39 is 10.0 Å². The standard InChI is InChI=1S/C13H22N2O4S/c1-4-19-10(2)9-15-20(16,17)12-5-6-13(18-3)11(7-12)8-14/h5-7,10,15H,4,8-9,14H2,1-3H3. The number of nitrogens with two attached hydrogens (primary N) is 1. The summed E-state index contributed by atoms with van der Waals surface area (Å²) in [6.45, 7) is 4.65. The van der Waals surface area contributed by atoms with E-state index in [2.05, 4.69) is 4.72 Å². The minimum absolute atomic E-state index is 0.169.